The number of carbonyl (C=O) groups is 1. The minimum atomic E-state index is -0.658. The second kappa shape index (κ2) is 6.12. The van der Waals surface area contributed by atoms with Gasteiger partial charge in [-0.3, -0.25) is 4.79 Å². The van der Waals surface area contributed by atoms with Gasteiger partial charge in [0.15, 0.2) is 0 Å². The Bertz CT molecular complexity index is 526. The maximum atomic E-state index is 11.9. The predicted octanol–water partition coefficient (Wildman–Crippen LogP) is 5.39. The maximum absolute atomic E-state index is 11.9. The first-order valence-corrected chi connectivity index (χ1v) is 8.96. The summed E-state index contributed by atoms with van der Waals surface area (Å²) in [6.45, 7) is 0. The lowest BCUT2D eigenvalue weighted by Crippen LogP contribution is -2.37. The van der Waals surface area contributed by atoms with Gasteiger partial charge in [0.1, 0.15) is 0 Å². The molecule has 0 spiro atoms. The highest BCUT2D eigenvalue weighted by Gasteiger charge is 2.41. The summed E-state index contributed by atoms with van der Waals surface area (Å²) in [6, 6.07) is 6.35. The number of carboxylic acids is 1. The third-order valence-electron chi connectivity index (χ3n) is 5.46. The van der Waals surface area contributed by atoms with Gasteiger partial charge in [0, 0.05) is 4.47 Å². The van der Waals surface area contributed by atoms with Crippen molar-refractivity contribution in [3.05, 3.63) is 33.8 Å². The first-order valence-electron chi connectivity index (χ1n) is 8.17. The number of benzene rings is 1. The molecule has 1 aromatic carbocycles. The Labute approximate surface area is 135 Å². The molecule has 0 atom stereocenters. The van der Waals surface area contributed by atoms with Gasteiger partial charge in [0.05, 0.1) is 5.41 Å². The zero-order chi connectivity index (χ0) is 14.9. The molecule has 0 aliphatic heterocycles. The summed E-state index contributed by atoms with van der Waals surface area (Å²) in [5.74, 6) is 0.00303. The third kappa shape index (κ3) is 2.77. The van der Waals surface area contributed by atoms with Crippen molar-refractivity contribution in [3.63, 3.8) is 0 Å². The minimum Gasteiger partial charge on any atom is -0.481 e. The molecular weight excluding hydrogens is 328 g/mol. The van der Waals surface area contributed by atoms with Crippen molar-refractivity contribution in [2.45, 2.75) is 69.1 Å². The zero-order valence-corrected chi connectivity index (χ0v) is 14.0. The predicted molar refractivity (Wildman–Crippen MR) is 87.7 cm³/mol. The SMILES string of the molecule is O=C(O)C1(c2ccc(C3CCCC3)c(Br)c2)CCCCC1. The third-order valence-corrected chi connectivity index (χ3v) is 6.15. The Kier molecular flexibility index (Phi) is 4.39. The lowest BCUT2D eigenvalue weighted by atomic mass is 9.69. The largest absolute Gasteiger partial charge is 0.481 e. The van der Waals surface area contributed by atoms with Gasteiger partial charge in [-0.2, -0.15) is 0 Å². The summed E-state index contributed by atoms with van der Waals surface area (Å²) in [4.78, 5) is 11.9. The molecule has 0 aromatic heterocycles. The van der Waals surface area contributed by atoms with E-state index in [1.807, 2.05) is 0 Å². The normalized spacial score (nSPS) is 22.3. The standard InChI is InChI=1S/C18H23BrO2/c19-16-12-14(8-9-15(16)13-6-2-3-7-13)18(17(20)21)10-4-1-5-11-18/h8-9,12-13H,1-7,10-11H2,(H,20,21). The molecule has 3 heteroatoms. The van der Waals surface area contributed by atoms with Crippen LogP contribution in [0.5, 0.6) is 0 Å². The van der Waals surface area contributed by atoms with Gasteiger partial charge in [-0.1, -0.05) is 60.2 Å². The van der Waals surface area contributed by atoms with Crippen molar-refractivity contribution in [2.24, 2.45) is 0 Å². The van der Waals surface area contributed by atoms with Crippen LogP contribution in [-0.4, -0.2) is 11.1 Å². The van der Waals surface area contributed by atoms with Crippen LogP contribution in [0.25, 0.3) is 0 Å². The van der Waals surface area contributed by atoms with E-state index < -0.39 is 11.4 Å². The molecule has 2 saturated carbocycles. The first-order chi connectivity index (χ1) is 10.1. The average Bonchev–Trinajstić information content (AvgIpc) is 3.01. The molecule has 2 aliphatic carbocycles. The fraction of sp³-hybridized carbons (Fsp3) is 0.611. The molecule has 0 saturated heterocycles. The van der Waals surface area contributed by atoms with E-state index in [0.29, 0.717) is 5.92 Å². The van der Waals surface area contributed by atoms with Crippen LogP contribution in [0.15, 0.2) is 22.7 Å². The van der Waals surface area contributed by atoms with E-state index in [1.165, 1.54) is 31.2 Å². The number of aliphatic carboxylic acids is 1. The molecule has 0 radical (unpaired) electrons. The van der Waals surface area contributed by atoms with Crippen molar-refractivity contribution in [2.75, 3.05) is 0 Å². The van der Waals surface area contributed by atoms with Gasteiger partial charge in [-0.25, -0.2) is 0 Å². The topological polar surface area (TPSA) is 37.3 Å². The fourth-order valence-corrected chi connectivity index (χ4v) is 4.88. The summed E-state index contributed by atoms with van der Waals surface area (Å²) in [6.07, 6.45) is 9.92. The number of hydrogen-bond acceptors (Lipinski definition) is 1. The molecule has 2 nitrogen and oxygen atoms in total. The molecule has 1 aromatic rings. The average molecular weight is 351 g/mol. The molecule has 1 N–H and O–H groups in total. The monoisotopic (exact) mass is 350 g/mol. The molecule has 114 valence electrons. The lowest BCUT2D eigenvalue weighted by Gasteiger charge is -2.34. The van der Waals surface area contributed by atoms with Crippen molar-refractivity contribution < 1.29 is 9.90 Å². The molecule has 0 amide bonds. The second-order valence-electron chi connectivity index (χ2n) is 6.67. The zero-order valence-electron chi connectivity index (χ0n) is 12.4. The second-order valence-corrected chi connectivity index (χ2v) is 7.52. The van der Waals surface area contributed by atoms with Crippen LogP contribution in [0.3, 0.4) is 0 Å². The molecule has 0 bridgehead atoms. The quantitative estimate of drug-likeness (QED) is 0.792. The molecule has 21 heavy (non-hydrogen) atoms. The van der Waals surface area contributed by atoms with Crippen LogP contribution >= 0.6 is 15.9 Å². The number of hydrogen-bond donors (Lipinski definition) is 1. The highest BCUT2D eigenvalue weighted by molar-refractivity contribution is 9.10. The Morgan fingerprint density at radius 3 is 2.33 bits per heavy atom. The summed E-state index contributed by atoms with van der Waals surface area (Å²) < 4.78 is 1.11. The van der Waals surface area contributed by atoms with E-state index in [4.69, 9.17) is 0 Å². The lowest BCUT2D eigenvalue weighted by molar-refractivity contribution is -0.145. The van der Waals surface area contributed by atoms with Crippen molar-refractivity contribution in [1.29, 1.82) is 0 Å². The fourth-order valence-electron chi connectivity index (χ4n) is 4.17. The summed E-state index contributed by atoms with van der Waals surface area (Å²) in [5.41, 5.74) is 1.70. The van der Waals surface area contributed by atoms with Crippen LogP contribution in [0.1, 0.15) is 74.8 Å². The smallest absolute Gasteiger partial charge is 0.314 e. The Balaban J connectivity index is 1.94. The van der Waals surface area contributed by atoms with E-state index in [0.717, 1.165) is 42.1 Å². The number of halogens is 1. The van der Waals surface area contributed by atoms with Gasteiger partial charge in [-0.05, 0) is 48.8 Å². The Hall–Kier alpha value is -0.830. The molecule has 2 fully saturated rings. The van der Waals surface area contributed by atoms with E-state index >= 15 is 0 Å². The van der Waals surface area contributed by atoms with Gasteiger partial charge >= 0.3 is 5.97 Å². The van der Waals surface area contributed by atoms with E-state index in [2.05, 4.69) is 34.1 Å². The van der Waals surface area contributed by atoms with E-state index in [-0.39, 0.29) is 0 Å². The van der Waals surface area contributed by atoms with Gasteiger partial charge in [-0.15, -0.1) is 0 Å². The molecule has 0 unspecified atom stereocenters. The Morgan fingerprint density at radius 1 is 1.10 bits per heavy atom. The molecule has 0 heterocycles. The summed E-state index contributed by atoms with van der Waals surface area (Å²) >= 11 is 3.70. The maximum Gasteiger partial charge on any atom is 0.314 e. The van der Waals surface area contributed by atoms with Crippen LogP contribution in [0.4, 0.5) is 0 Å². The van der Waals surface area contributed by atoms with Crippen molar-refractivity contribution in [1.82, 2.24) is 0 Å². The van der Waals surface area contributed by atoms with Gasteiger partial charge < -0.3 is 5.11 Å². The van der Waals surface area contributed by atoms with Crippen molar-refractivity contribution in [3.8, 4) is 0 Å². The van der Waals surface area contributed by atoms with E-state index in [1.54, 1.807) is 0 Å². The van der Waals surface area contributed by atoms with Crippen LogP contribution in [0.2, 0.25) is 0 Å². The van der Waals surface area contributed by atoms with Crippen molar-refractivity contribution >= 4 is 21.9 Å². The molecular formula is C18H23BrO2. The Morgan fingerprint density at radius 2 is 1.76 bits per heavy atom. The van der Waals surface area contributed by atoms with Crippen LogP contribution in [0, 0.1) is 0 Å². The highest BCUT2D eigenvalue weighted by Crippen LogP contribution is 2.43. The van der Waals surface area contributed by atoms with Crippen LogP contribution in [-0.2, 0) is 10.2 Å². The number of rotatable bonds is 3. The number of carboxylic acid groups (broad SMARTS) is 1. The van der Waals surface area contributed by atoms with Gasteiger partial charge in [0.25, 0.3) is 0 Å². The van der Waals surface area contributed by atoms with E-state index in [9.17, 15) is 9.90 Å². The van der Waals surface area contributed by atoms with Gasteiger partial charge in [0.2, 0.25) is 0 Å². The summed E-state index contributed by atoms with van der Waals surface area (Å²) in [7, 11) is 0. The van der Waals surface area contributed by atoms with Crippen LogP contribution < -0.4 is 0 Å². The molecule has 2 aliphatic rings. The first kappa shape index (κ1) is 15.1. The summed E-state index contributed by atoms with van der Waals surface area (Å²) in [5, 5.41) is 9.80. The highest BCUT2D eigenvalue weighted by atomic mass is 79.9. The molecule has 3 rings (SSSR count). The minimum absolute atomic E-state index is 0.650.